The van der Waals surface area contributed by atoms with Gasteiger partial charge in [0.25, 0.3) is 5.91 Å². The van der Waals surface area contributed by atoms with Crippen LogP contribution in [0.2, 0.25) is 0 Å². The van der Waals surface area contributed by atoms with Gasteiger partial charge in [0.1, 0.15) is 5.69 Å². The molecule has 1 aliphatic rings. The summed E-state index contributed by atoms with van der Waals surface area (Å²) in [6.45, 7) is 5.48. The number of likely N-dealkylation sites (tertiary alicyclic amines) is 1. The Kier molecular flexibility index (Phi) is 3.40. The van der Waals surface area contributed by atoms with Crippen LogP contribution in [0.5, 0.6) is 0 Å². The van der Waals surface area contributed by atoms with Crippen LogP contribution >= 0.6 is 0 Å². The molecule has 1 amide bonds. The van der Waals surface area contributed by atoms with E-state index in [1.807, 2.05) is 21.8 Å². The molecule has 0 spiro atoms. The molecule has 2 aromatic rings. The maximum absolute atomic E-state index is 12.5. The number of amides is 1. The first kappa shape index (κ1) is 13.7. The Balaban J connectivity index is 1.69. The van der Waals surface area contributed by atoms with Crippen LogP contribution < -0.4 is 5.73 Å². The standard InChI is InChI=1S/C14H20N6O/c1-9(2)12-5-13(18-17-12)14(21)19-4-3-11(8-19)20-7-10(15)6-16-20/h5-7,9,11H,3-4,8,15H2,1-2H3,(H,17,18). The number of anilines is 1. The number of carbonyl (C=O) groups excluding carboxylic acids is 1. The van der Waals surface area contributed by atoms with Gasteiger partial charge in [-0.3, -0.25) is 14.6 Å². The van der Waals surface area contributed by atoms with Gasteiger partial charge >= 0.3 is 0 Å². The molecule has 0 aliphatic carbocycles. The average molecular weight is 288 g/mol. The molecule has 112 valence electrons. The molecule has 3 N–H and O–H groups in total. The summed E-state index contributed by atoms with van der Waals surface area (Å²) >= 11 is 0. The van der Waals surface area contributed by atoms with Crippen molar-refractivity contribution in [2.75, 3.05) is 18.8 Å². The third kappa shape index (κ3) is 2.63. The van der Waals surface area contributed by atoms with Crippen LogP contribution in [0.15, 0.2) is 18.5 Å². The zero-order valence-electron chi connectivity index (χ0n) is 12.3. The summed E-state index contributed by atoms with van der Waals surface area (Å²) in [6, 6.07) is 2.03. The molecule has 0 aromatic carbocycles. The Labute approximate surface area is 123 Å². The molecule has 3 heterocycles. The zero-order valence-corrected chi connectivity index (χ0v) is 12.3. The fraction of sp³-hybridized carbons (Fsp3) is 0.500. The Morgan fingerprint density at radius 3 is 2.95 bits per heavy atom. The smallest absolute Gasteiger partial charge is 0.271 e. The predicted octanol–water partition coefficient (Wildman–Crippen LogP) is 1.40. The minimum absolute atomic E-state index is 0.00275. The number of carbonyl (C=O) groups is 1. The molecule has 21 heavy (non-hydrogen) atoms. The first-order valence-electron chi connectivity index (χ1n) is 7.19. The molecular weight excluding hydrogens is 268 g/mol. The van der Waals surface area contributed by atoms with Crippen molar-refractivity contribution in [1.82, 2.24) is 24.9 Å². The van der Waals surface area contributed by atoms with Crippen LogP contribution in [0.25, 0.3) is 0 Å². The van der Waals surface area contributed by atoms with Crippen LogP contribution in [0.4, 0.5) is 5.69 Å². The van der Waals surface area contributed by atoms with Crippen molar-refractivity contribution in [2.24, 2.45) is 0 Å². The minimum Gasteiger partial charge on any atom is -0.396 e. The van der Waals surface area contributed by atoms with E-state index < -0.39 is 0 Å². The van der Waals surface area contributed by atoms with Gasteiger partial charge in [0.05, 0.1) is 23.6 Å². The topological polar surface area (TPSA) is 92.8 Å². The molecular formula is C14H20N6O. The SMILES string of the molecule is CC(C)c1cc(C(=O)N2CCC(n3cc(N)cn3)C2)[nH]n1. The lowest BCUT2D eigenvalue weighted by Crippen LogP contribution is -2.29. The van der Waals surface area contributed by atoms with Crippen molar-refractivity contribution in [2.45, 2.75) is 32.2 Å². The second-order valence-corrected chi connectivity index (χ2v) is 5.81. The van der Waals surface area contributed by atoms with E-state index in [0.717, 1.165) is 18.7 Å². The van der Waals surface area contributed by atoms with E-state index >= 15 is 0 Å². The van der Waals surface area contributed by atoms with E-state index in [1.54, 1.807) is 6.20 Å². The summed E-state index contributed by atoms with van der Waals surface area (Å²) in [6.07, 6.45) is 4.33. The number of nitrogens with one attached hydrogen (secondary N) is 1. The van der Waals surface area contributed by atoms with Gasteiger partial charge in [-0.15, -0.1) is 0 Å². The molecule has 1 aliphatic heterocycles. The van der Waals surface area contributed by atoms with Gasteiger partial charge in [0, 0.05) is 19.3 Å². The first-order chi connectivity index (χ1) is 10.0. The highest BCUT2D eigenvalue weighted by molar-refractivity contribution is 5.92. The van der Waals surface area contributed by atoms with Gasteiger partial charge in [0.2, 0.25) is 0 Å². The predicted molar refractivity (Wildman–Crippen MR) is 78.9 cm³/mol. The summed E-state index contributed by atoms with van der Waals surface area (Å²) < 4.78 is 1.84. The van der Waals surface area contributed by atoms with E-state index in [9.17, 15) is 4.79 Å². The molecule has 0 radical (unpaired) electrons. The van der Waals surface area contributed by atoms with Crippen LogP contribution in [0.3, 0.4) is 0 Å². The van der Waals surface area contributed by atoms with Crippen LogP contribution in [0.1, 0.15) is 48.4 Å². The quantitative estimate of drug-likeness (QED) is 0.892. The van der Waals surface area contributed by atoms with Crippen molar-refractivity contribution in [3.8, 4) is 0 Å². The molecule has 0 bridgehead atoms. The number of hydrogen-bond acceptors (Lipinski definition) is 4. The second-order valence-electron chi connectivity index (χ2n) is 5.81. The monoisotopic (exact) mass is 288 g/mol. The molecule has 7 nitrogen and oxygen atoms in total. The van der Waals surface area contributed by atoms with Crippen molar-refractivity contribution in [1.29, 1.82) is 0 Å². The number of hydrogen-bond donors (Lipinski definition) is 2. The second kappa shape index (κ2) is 5.23. The van der Waals surface area contributed by atoms with Crippen molar-refractivity contribution in [3.05, 3.63) is 29.8 Å². The normalized spacial score (nSPS) is 18.6. The molecule has 0 saturated carbocycles. The fourth-order valence-corrected chi connectivity index (χ4v) is 2.61. The number of H-pyrrole nitrogens is 1. The summed E-state index contributed by atoms with van der Waals surface area (Å²) in [7, 11) is 0. The first-order valence-corrected chi connectivity index (χ1v) is 7.19. The molecule has 3 rings (SSSR count). The van der Waals surface area contributed by atoms with Crippen molar-refractivity contribution < 1.29 is 4.79 Å². The average Bonchev–Trinajstić information content (AvgIpc) is 3.17. The van der Waals surface area contributed by atoms with E-state index in [2.05, 4.69) is 29.1 Å². The molecule has 2 aromatic heterocycles. The lowest BCUT2D eigenvalue weighted by molar-refractivity contribution is 0.0781. The highest BCUT2D eigenvalue weighted by atomic mass is 16.2. The fourth-order valence-electron chi connectivity index (χ4n) is 2.61. The van der Waals surface area contributed by atoms with Gasteiger partial charge in [-0.05, 0) is 18.4 Å². The highest BCUT2D eigenvalue weighted by Crippen LogP contribution is 2.23. The van der Waals surface area contributed by atoms with Crippen LogP contribution in [-0.4, -0.2) is 43.9 Å². The third-order valence-corrected chi connectivity index (χ3v) is 3.87. The Morgan fingerprint density at radius 2 is 2.33 bits per heavy atom. The highest BCUT2D eigenvalue weighted by Gasteiger charge is 2.29. The van der Waals surface area contributed by atoms with Gasteiger partial charge in [-0.2, -0.15) is 10.2 Å². The van der Waals surface area contributed by atoms with E-state index in [-0.39, 0.29) is 11.9 Å². The lowest BCUT2D eigenvalue weighted by atomic mass is 10.1. The largest absolute Gasteiger partial charge is 0.396 e. The number of aromatic amines is 1. The maximum atomic E-state index is 12.5. The van der Waals surface area contributed by atoms with E-state index in [4.69, 9.17) is 5.73 Å². The van der Waals surface area contributed by atoms with Gasteiger partial charge in [-0.1, -0.05) is 13.8 Å². The minimum atomic E-state index is -0.00275. The van der Waals surface area contributed by atoms with Crippen molar-refractivity contribution in [3.63, 3.8) is 0 Å². The molecule has 1 unspecified atom stereocenters. The number of nitrogens with zero attached hydrogens (tertiary/aromatic N) is 4. The number of rotatable bonds is 3. The van der Waals surface area contributed by atoms with Gasteiger partial charge in [-0.25, -0.2) is 0 Å². The van der Waals surface area contributed by atoms with Crippen molar-refractivity contribution >= 4 is 11.6 Å². The Bertz CT molecular complexity index is 643. The molecule has 1 atom stereocenters. The Hall–Kier alpha value is -2.31. The van der Waals surface area contributed by atoms with Gasteiger partial charge < -0.3 is 10.6 Å². The number of nitrogen functional groups attached to an aromatic ring is 1. The summed E-state index contributed by atoms with van der Waals surface area (Å²) in [5.74, 6) is 0.304. The number of nitrogens with two attached hydrogens (primary N) is 1. The zero-order chi connectivity index (χ0) is 15.0. The summed E-state index contributed by atoms with van der Waals surface area (Å²) in [5, 5.41) is 11.2. The maximum Gasteiger partial charge on any atom is 0.271 e. The summed E-state index contributed by atoms with van der Waals surface area (Å²) in [5.41, 5.74) is 7.80. The Morgan fingerprint density at radius 1 is 1.52 bits per heavy atom. The van der Waals surface area contributed by atoms with E-state index in [1.165, 1.54) is 0 Å². The third-order valence-electron chi connectivity index (χ3n) is 3.87. The lowest BCUT2D eigenvalue weighted by Gasteiger charge is -2.15. The van der Waals surface area contributed by atoms with Crippen LogP contribution in [-0.2, 0) is 0 Å². The number of aromatic nitrogens is 4. The van der Waals surface area contributed by atoms with Gasteiger partial charge in [0.15, 0.2) is 0 Å². The van der Waals surface area contributed by atoms with E-state index in [0.29, 0.717) is 23.8 Å². The van der Waals surface area contributed by atoms with Crippen LogP contribution in [0, 0.1) is 0 Å². The molecule has 1 saturated heterocycles. The molecule has 7 heteroatoms. The molecule has 1 fully saturated rings. The summed E-state index contributed by atoms with van der Waals surface area (Å²) in [4.78, 5) is 14.3.